The lowest BCUT2D eigenvalue weighted by molar-refractivity contribution is 0.0793. The van der Waals surface area contributed by atoms with Gasteiger partial charge in [-0.05, 0) is 11.8 Å². The molecule has 1 N–H and O–H groups in total. The van der Waals surface area contributed by atoms with Crippen molar-refractivity contribution < 1.29 is 4.39 Å². The second-order valence-electron chi connectivity index (χ2n) is 5.25. The fourth-order valence-corrected chi connectivity index (χ4v) is 2.32. The quantitative estimate of drug-likeness (QED) is 0.772. The Morgan fingerprint density at radius 2 is 1.93 bits per heavy atom. The lowest BCUT2D eigenvalue weighted by Crippen LogP contribution is -2.60. The standard InChI is InChI=1S/C12H25FN2/c1-9(2)11-8-15(6-5-13)12(7-14-11)10(3)4/h9-12,14H,5-8H2,1-4H3. The van der Waals surface area contributed by atoms with Gasteiger partial charge in [0, 0.05) is 31.7 Å². The van der Waals surface area contributed by atoms with Crippen molar-refractivity contribution in [2.24, 2.45) is 11.8 Å². The fourth-order valence-electron chi connectivity index (χ4n) is 2.32. The van der Waals surface area contributed by atoms with Crippen molar-refractivity contribution >= 4 is 0 Å². The monoisotopic (exact) mass is 216 g/mol. The largest absolute Gasteiger partial charge is 0.311 e. The molecule has 2 unspecified atom stereocenters. The number of alkyl halides is 1. The van der Waals surface area contributed by atoms with Crippen molar-refractivity contribution in [2.45, 2.75) is 39.8 Å². The molecule has 1 aliphatic heterocycles. The number of rotatable bonds is 4. The van der Waals surface area contributed by atoms with Crippen LogP contribution >= 0.6 is 0 Å². The zero-order valence-electron chi connectivity index (χ0n) is 10.5. The number of hydrogen-bond donors (Lipinski definition) is 1. The maximum absolute atomic E-state index is 12.5. The summed E-state index contributed by atoms with van der Waals surface area (Å²) >= 11 is 0. The SMILES string of the molecule is CC(C)C1CN(CCF)C(C(C)C)CN1. The van der Waals surface area contributed by atoms with Gasteiger partial charge in [0.2, 0.25) is 0 Å². The van der Waals surface area contributed by atoms with Gasteiger partial charge in [0.15, 0.2) is 0 Å². The normalized spacial score (nSPS) is 29.0. The lowest BCUT2D eigenvalue weighted by Gasteiger charge is -2.43. The minimum Gasteiger partial charge on any atom is -0.311 e. The van der Waals surface area contributed by atoms with Gasteiger partial charge in [0.25, 0.3) is 0 Å². The summed E-state index contributed by atoms with van der Waals surface area (Å²) in [5.74, 6) is 1.22. The maximum Gasteiger partial charge on any atom is 0.102 e. The highest BCUT2D eigenvalue weighted by molar-refractivity contribution is 4.88. The molecule has 1 aliphatic rings. The number of nitrogens with one attached hydrogen (secondary N) is 1. The van der Waals surface area contributed by atoms with E-state index in [1.54, 1.807) is 0 Å². The van der Waals surface area contributed by atoms with Crippen LogP contribution in [0.3, 0.4) is 0 Å². The van der Waals surface area contributed by atoms with E-state index in [1.165, 1.54) is 0 Å². The van der Waals surface area contributed by atoms with Crippen molar-refractivity contribution in [1.82, 2.24) is 10.2 Å². The van der Waals surface area contributed by atoms with Crippen molar-refractivity contribution in [3.8, 4) is 0 Å². The highest BCUT2D eigenvalue weighted by Crippen LogP contribution is 2.17. The number of hydrogen-bond acceptors (Lipinski definition) is 2. The summed E-state index contributed by atoms with van der Waals surface area (Å²) in [6.07, 6.45) is 0. The first-order valence-electron chi connectivity index (χ1n) is 6.09. The maximum atomic E-state index is 12.5. The van der Waals surface area contributed by atoms with Crippen molar-refractivity contribution in [3.05, 3.63) is 0 Å². The summed E-state index contributed by atoms with van der Waals surface area (Å²) in [5.41, 5.74) is 0. The second kappa shape index (κ2) is 5.80. The number of halogens is 1. The summed E-state index contributed by atoms with van der Waals surface area (Å²) in [5, 5.41) is 3.57. The molecule has 0 aromatic heterocycles. The first-order valence-corrected chi connectivity index (χ1v) is 6.09. The van der Waals surface area contributed by atoms with Crippen molar-refractivity contribution in [3.63, 3.8) is 0 Å². The molecule has 0 aromatic carbocycles. The van der Waals surface area contributed by atoms with Gasteiger partial charge in [-0.3, -0.25) is 4.90 Å². The summed E-state index contributed by atoms with van der Waals surface area (Å²) in [6.45, 7) is 11.2. The molecule has 3 heteroatoms. The Morgan fingerprint density at radius 1 is 1.27 bits per heavy atom. The summed E-state index contributed by atoms with van der Waals surface area (Å²) in [7, 11) is 0. The van der Waals surface area contributed by atoms with Crippen LogP contribution in [0.4, 0.5) is 4.39 Å². The third kappa shape index (κ3) is 3.42. The predicted molar refractivity (Wildman–Crippen MR) is 62.8 cm³/mol. The fraction of sp³-hybridized carbons (Fsp3) is 1.00. The van der Waals surface area contributed by atoms with E-state index in [-0.39, 0.29) is 6.67 Å². The molecule has 0 aromatic rings. The van der Waals surface area contributed by atoms with Gasteiger partial charge < -0.3 is 5.32 Å². The van der Waals surface area contributed by atoms with E-state index in [0.29, 0.717) is 30.5 Å². The van der Waals surface area contributed by atoms with Gasteiger partial charge in [-0.15, -0.1) is 0 Å². The average molecular weight is 216 g/mol. The Bertz CT molecular complexity index is 182. The Kier molecular flexibility index (Phi) is 5.00. The molecule has 15 heavy (non-hydrogen) atoms. The lowest BCUT2D eigenvalue weighted by atomic mass is 9.94. The molecule has 0 radical (unpaired) electrons. The molecule has 1 fully saturated rings. The summed E-state index contributed by atoms with van der Waals surface area (Å²) in [6, 6.07) is 1.02. The van der Waals surface area contributed by atoms with Crippen molar-refractivity contribution in [1.29, 1.82) is 0 Å². The van der Waals surface area contributed by atoms with Crippen LogP contribution in [-0.4, -0.2) is 43.3 Å². The van der Waals surface area contributed by atoms with Crippen LogP contribution in [0.5, 0.6) is 0 Å². The molecule has 2 nitrogen and oxygen atoms in total. The van der Waals surface area contributed by atoms with Crippen LogP contribution in [0, 0.1) is 11.8 Å². The highest BCUT2D eigenvalue weighted by atomic mass is 19.1. The van der Waals surface area contributed by atoms with E-state index in [0.717, 1.165) is 13.1 Å². The second-order valence-corrected chi connectivity index (χ2v) is 5.25. The molecular weight excluding hydrogens is 191 g/mol. The third-order valence-electron chi connectivity index (χ3n) is 3.44. The van der Waals surface area contributed by atoms with Gasteiger partial charge in [-0.1, -0.05) is 27.7 Å². The van der Waals surface area contributed by atoms with Crippen molar-refractivity contribution in [2.75, 3.05) is 26.3 Å². The van der Waals surface area contributed by atoms with Gasteiger partial charge in [0.1, 0.15) is 6.67 Å². The molecule has 2 atom stereocenters. The van der Waals surface area contributed by atoms with E-state index in [4.69, 9.17) is 0 Å². The van der Waals surface area contributed by atoms with Crippen LogP contribution < -0.4 is 5.32 Å². The van der Waals surface area contributed by atoms with E-state index in [9.17, 15) is 4.39 Å². The van der Waals surface area contributed by atoms with Gasteiger partial charge in [0.05, 0.1) is 0 Å². The van der Waals surface area contributed by atoms with Crippen LogP contribution in [0.25, 0.3) is 0 Å². The highest BCUT2D eigenvalue weighted by Gasteiger charge is 2.30. The summed E-state index contributed by atoms with van der Waals surface area (Å²) in [4.78, 5) is 2.31. The molecule has 1 saturated heterocycles. The number of nitrogens with zero attached hydrogens (tertiary/aromatic N) is 1. The first-order chi connectivity index (χ1) is 7.06. The topological polar surface area (TPSA) is 15.3 Å². The first kappa shape index (κ1) is 12.9. The minimum atomic E-state index is -0.228. The molecular formula is C12H25FN2. The molecule has 1 heterocycles. The average Bonchev–Trinajstić information content (AvgIpc) is 2.17. The molecule has 0 spiro atoms. The molecule has 1 rings (SSSR count). The van der Waals surface area contributed by atoms with Crippen LogP contribution in [-0.2, 0) is 0 Å². The third-order valence-corrected chi connectivity index (χ3v) is 3.44. The van der Waals surface area contributed by atoms with E-state index in [2.05, 4.69) is 37.9 Å². The number of piperazine rings is 1. The zero-order valence-corrected chi connectivity index (χ0v) is 10.5. The molecule has 0 aliphatic carbocycles. The molecule has 0 amide bonds. The van der Waals surface area contributed by atoms with Gasteiger partial charge in [-0.25, -0.2) is 4.39 Å². The predicted octanol–water partition coefficient (Wildman–Crippen LogP) is 1.91. The Balaban J connectivity index is 2.56. The smallest absolute Gasteiger partial charge is 0.102 e. The summed E-state index contributed by atoms with van der Waals surface area (Å²) < 4.78 is 12.5. The Labute approximate surface area is 93.2 Å². The van der Waals surface area contributed by atoms with E-state index >= 15 is 0 Å². The Morgan fingerprint density at radius 3 is 2.40 bits per heavy atom. The van der Waals surface area contributed by atoms with Gasteiger partial charge >= 0.3 is 0 Å². The molecule has 0 bridgehead atoms. The van der Waals surface area contributed by atoms with Crippen LogP contribution in [0.15, 0.2) is 0 Å². The van der Waals surface area contributed by atoms with Gasteiger partial charge in [-0.2, -0.15) is 0 Å². The van der Waals surface area contributed by atoms with Crippen LogP contribution in [0.1, 0.15) is 27.7 Å². The Hall–Kier alpha value is -0.150. The zero-order chi connectivity index (χ0) is 11.4. The minimum absolute atomic E-state index is 0.228. The van der Waals surface area contributed by atoms with Crippen LogP contribution in [0.2, 0.25) is 0 Å². The van der Waals surface area contributed by atoms with E-state index < -0.39 is 0 Å². The van der Waals surface area contributed by atoms with E-state index in [1.807, 2.05) is 0 Å². The molecule has 90 valence electrons. The molecule has 0 saturated carbocycles.